The van der Waals surface area contributed by atoms with Crippen molar-refractivity contribution in [1.82, 2.24) is 0 Å². The summed E-state index contributed by atoms with van der Waals surface area (Å²) in [5, 5.41) is 9.10. The first-order valence-electron chi connectivity index (χ1n) is 3.85. The van der Waals surface area contributed by atoms with Gasteiger partial charge in [-0.15, -0.1) is 0 Å². The first-order chi connectivity index (χ1) is 6.00. The highest BCUT2D eigenvalue weighted by Crippen LogP contribution is 2.29. The quantitative estimate of drug-likeness (QED) is 0.675. The van der Waals surface area contributed by atoms with Crippen molar-refractivity contribution in [3.8, 4) is 5.75 Å². The van der Waals surface area contributed by atoms with Crippen LogP contribution in [0.25, 0.3) is 0 Å². The lowest BCUT2D eigenvalue weighted by molar-refractivity contribution is 0.379. The summed E-state index contributed by atoms with van der Waals surface area (Å²) in [6.07, 6.45) is 0.256. The van der Waals surface area contributed by atoms with E-state index in [0.29, 0.717) is 0 Å². The number of halogens is 3. The first-order valence-corrected chi connectivity index (χ1v) is 3.85. The average molecular weight is 190 g/mol. The van der Waals surface area contributed by atoms with Crippen molar-refractivity contribution in [2.75, 3.05) is 0 Å². The summed E-state index contributed by atoms with van der Waals surface area (Å²) in [7, 11) is 0. The Labute approximate surface area is 73.8 Å². The smallest absolute Gasteiger partial charge is 0.203 e. The maximum Gasteiger partial charge on any atom is 0.203 e. The van der Waals surface area contributed by atoms with Crippen molar-refractivity contribution in [3.63, 3.8) is 0 Å². The van der Waals surface area contributed by atoms with Gasteiger partial charge in [-0.05, 0) is 18.9 Å². The molecule has 1 rings (SSSR count). The molecule has 0 aliphatic carbocycles. The normalized spacial score (nSPS) is 10.5. The minimum atomic E-state index is -1.62. The minimum Gasteiger partial charge on any atom is -0.505 e. The highest BCUT2D eigenvalue weighted by atomic mass is 19.2. The molecule has 0 aliphatic heterocycles. The number of benzene rings is 1. The molecule has 13 heavy (non-hydrogen) atoms. The number of hydrogen-bond acceptors (Lipinski definition) is 1. The van der Waals surface area contributed by atoms with Crippen LogP contribution in [0, 0.1) is 24.4 Å². The van der Waals surface area contributed by atoms with Gasteiger partial charge in [0, 0.05) is 5.56 Å². The van der Waals surface area contributed by atoms with E-state index in [-0.39, 0.29) is 17.5 Å². The monoisotopic (exact) mass is 190 g/mol. The summed E-state index contributed by atoms with van der Waals surface area (Å²) >= 11 is 0. The lowest BCUT2D eigenvalue weighted by Gasteiger charge is -2.08. The van der Waals surface area contributed by atoms with E-state index in [1.807, 2.05) is 0 Å². The van der Waals surface area contributed by atoms with E-state index in [0.717, 1.165) is 0 Å². The molecular weight excluding hydrogens is 181 g/mol. The van der Waals surface area contributed by atoms with Gasteiger partial charge in [-0.1, -0.05) is 6.92 Å². The maximum absolute atomic E-state index is 12.9. The van der Waals surface area contributed by atoms with Crippen molar-refractivity contribution in [3.05, 3.63) is 28.6 Å². The summed E-state index contributed by atoms with van der Waals surface area (Å²) in [5.41, 5.74) is 0.0651. The van der Waals surface area contributed by atoms with E-state index >= 15 is 0 Å². The number of aromatic hydroxyl groups is 1. The summed E-state index contributed by atoms with van der Waals surface area (Å²) in [4.78, 5) is 0. The zero-order chi connectivity index (χ0) is 10.2. The van der Waals surface area contributed by atoms with Crippen LogP contribution in [-0.4, -0.2) is 5.11 Å². The fourth-order valence-electron chi connectivity index (χ4n) is 1.24. The molecule has 0 radical (unpaired) electrons. The van der Waals surface area contributed by atoms with Gasteiger partial charge in [0.25, 0.3) is 0 Å². The van der Waals surface area contributed by atoms with Crippen LogP contribution in [0.15, 0.2) is 0 Å². The van der Waals surface area contributed by atoms with Gasteiger partial charge in [-0.25, -0.2) is 8.78 Å². The fraction of sp³-hybridized carbons (Fsp3) is 0.333. The average Bonchev–Trinajstić information content (AvgIpc) is 2.13. The second-order valence-corrected chi connectivity index (χ2v) is 2.75. The predicted octanol–water partition coefficient (Wildman–Crippen LogP) is 2.68. The highest BCUT2D eigenvalue weighted by Gasteiger charge is 2.20. The van der Waals surface area contributed by atoms with Crippen molar-refractivity contribution in [1.29, 1.82) is 0 Å². The highest BCUT2D eigenvalue weighted by molar-refractivity contribution is 5.41. The van der Waals surface area contributed by atoms with E-state index in [1.54, 1.807) is 6.92 Å². The number of phenols is 1. The van der Waals surface area contributed by atoms with Crippen LogP contribution in [0.2, 0.25) is 0 Å². The lowest BCUT2D eigenvalue weighted by Crippen LogP contribution is -2.00. The van der Waals surface area contributed by atoms with Gasteiger partial charge in [0.05, 0.1) is 0 Å². The Bertz CT molecular complexity index is 318. The molecule has 0 amide bonds. The van der Waals surface area contributed by atoms with Gasteiger partial charge in [-0.2, -0.15) is 4.39 Å². The molecule has 1 nitrogen and oxygen atoms in total. The van der Waals surface area contributed by atoms with E-state index in [9.17, 15) is 13.2 Å². The van der Waals surface area contributed by atoms with Crippen LogP contribution in [0.3, 0.4) is 0 Å². The molecule has 0 aliphatic rings. The van der Waals surface area contributed by atoms with Crippen LogP contribution in [0.1, 0.15) is 18.1 Å². The van der Waals surface area contributed by atoms with Crippen molar-refractivity contribution < 1.29 is 18.3 Å². The van der Waals surface area contributed by atoms with Gasteiger partial charge in [0.1, 0.15) is 0 Å². The molecule has 0 atom stereocenters. The molecular formula is C9H9F3O. The number of rotatable bonds is 1. The van der Waals surface area contributed by atoms with Crippen molar-refractivity contribution in [2.24, 2.45) is 0 Å². The Morgan fingerprint density at radius 3 is 2.08 bits per heavy atom. The summed E-state index contributed by atoms with van der Waals surface area (Å²) in [6, 6.07) is 0. The molecule has 0 unspecified atom stereocenters. The third kappa shape index (κ3) is 1.36. The van der Waals surface area contributed by atoms with Crippen LogP contribution >= 0.6 is 0 Å². The second-order valence-electron chi connectivity index (χ2n) is 2.75. The molecule has 0 spiro atoms. The summed E-state index contributed by atoms with van der Waals surface area (Å²) < 4.78 is 38.3. The molecule has 0 aromatic heterocycles. The molecule has 0 heterocycles. The fourth-order valence-corrected chi connectivity index (χ4v) is 1.24. The second kappa shape index (κ2) is 3.28. The molecule has 0 saturated heterocycles. The Kier molecular flexibility index (Phi) is 2.50. The van der Waals surface area contributed by atoms with Gasteiger partial charge in [-0.3, -0.25) is 0 Å². The number of hydrogen-bond donors (Lipinski definition) is 1. The van der Waals surface area contributed by atoms with Gasteiger partial charge < -0.3 is 5.11 Å². The zero-order valence-electron chi connectivity index (χ0n) is 7.29. The molecule has 1 aromatic carbocycles. The van der Waals surface area contributed by atoms with Gasteiger partial charge in [0.2, 0.25) is 5.82 Å². The van der Waals surface area contributed by atoms with Gasteiger partial charge >= 0.3 is 0 Å². The molecule has 0 bridgehead atoms. The Hall–Kier alpha value is -1.19. The van der Waals surface area contributed by atoms with E-state index in [1.165, 1.54) is 6.92 Å². The molecule has 1 aromatic rings. The Morgan fingerprint density at radius 2 is 1.62 bits per heavy atom. The maximum atomic E-state index is 12.9. The Morgan fingerprint density at radius 1 is 1.08 bits per heavy atom. The number of phenolic OH excluding ortho intramolecular Hbond substituents is 1. The van der Waals surface area contributed by atoms with Crippen molar-refractivity contribution >= 4 is 0 Å². The van der Waals surface area contributed by atoms with E-state index in [4.69, 9.17) is 5.11 Å². The van der Waals surface area contributed by atoms with E-state index in [2.05, 4.69) is 0 Å². The van der Waals surface area contributed by atoms with E-state index < -0.39 is 23.2 Å². The topological polar surface area (TPSA) is 20.2 Å². The Balaban J connectivity index is 3.56. The first kappa shape index (κ1) is 9.89. The summed E-state index contributed by atoms with van der Waals surface area (Å²) in [6.45, 7) is 2.93. The SMILES string of the molecule is CCc1c(C)c(F)c(F)c(F)c1O. The van der Waals surface area contributed by atoms with Crippen LogP contribution in [0.4, 0.5) is 13.2 Å². The third-order valence-corrected chi connectivity index (χ3v) is 2.01. The predicted molar refractivity (Wildman–Crippen MR) is 42.1 cm³/mol. The van der Waals surface area contributed by atoms with Gasteiger partial charge in [0.15, 0.2) is 17.4 Å². The molecule has 1 N–H and O–H groups in total. The zero-order valence-corrected chi connectivity index (χ0v) is 7.29. The van der Waals surface area contributed by atoms with Crippen LogP contribution in [0.5, 0.6) is 5.75 Å². The minimum absolute atomic E-state index is 0.0427. The molecule has 0 saturated carbocycles. The molecule has 4 heteroatoms. The lowest BCUT2D eigenvalue weighted by atomic mass is 10.0. The molecule has 0 fully saturated rings. The van der Waals surface area contributed by atoms with Crippen LogP contribution in [-0.2, 0) is 6.42 Å². The van der Waals surface area contributed by atoms with Crippen molar-refractivity contribution in [2.45, 2.75) is 20.3 Å². The summed E-state index contributed by atoms with van der Waals surface area (Å²) in [5.74, 6) is -5.15. The standard InChI is InChI=1S/C9H9F3O/c1-3-5-4(2)6(10)7(11)8(12)9(5)13/h13H,3H2,1-2H3. The molecule has 72 valence electrons. The van der Waals surface area contributed by atoms with Crippen LogP contribution < -0.4 is 0 Å². The largest absolute Gasteiger partial charge is 0.505 e. The third-order valence-electron chi connectivity index (χ3n) is 2.01.